The Bertz CT molecular complexity index is 1290. The lowest BCUT2D eigenvalue weighted by Crippen LogP contribution is -2.42. The predicted molar refractivity (Wildman–Crippen MR) is 120 cm³/mol. The average Bonchev–Trinajstić information content (AvgIpc) is 3.39. The van der Waals surface area contributed by atoms with Crippen LogP contribution in [0.2, 0.25) is 0 Å². The van der Waals surface area contributed by atoms with Gasteiger partial charge in [0.1, 0.15) is 17.7 Å². The number of aryl methyl sites for hydroxylation is 2. The van der Waals surface area contributed by atoms with E-state index in [0.29, 0.717) is 29.1 Å². The molecular weight excluding hydrogens is 425 g/mol. The van der Waals surface area contributed by atoms with Crippen molar-refractivity contribution in [2.24, 2.45) is 7.05 Å². The monoisotopic (exact) mass is 449 g/mol. The number of nitrogens with one attached hydrogen (secondary N) is 3. The van der Waals surface area contributed by atoms with Crippen molar-refractivity contribution in [2.75, 3.05) is 5.32 Å². The molecule has 1 amide bonds. The smallest absolute Gasteiger partial charge is 0.272 e. The standard InChI is InChI=1S/C22H24FN9O/c1-12-6-18(31-32(12)2)22(33)29-14-5-3-4-13(7-14)28-21-17(23)10-26-20(30-21)16-9-25-19-15(16)8-24-11-27-19/h6,8-11,13-14H,3-5,7H2,1-2H3,(H,29,33)(H,24,25,27)(H,26,28,30)/t13-,14+/m1/s1. The molecule has 4 aromatic heterocycles. The number of carbonyl (C=O) groups excluding carboxylic acids is 1. The van der Waals surface area contributed by atoms with Crippen LogP contribution >= 0.6 is 0 Å². The van der Waals surface area contributed by atoms with Crippen LogP contribution in [-0.2, 0) is 7.05 Å². The second-order valence-corrected chi connectivity index (χ2v) is 8.35. The molecular formula is C22H24FN9O. The summed E-state index contributed by atoms with van der Waals surface area (Å²) in [7, 11) is 1.81. The topological polar surface area (TPSA) is 126 Å². The molecule has 0 aliphatic heterocycles. The zero-order valence-electron chi connectivity index (χ0n) is 18.3. The Kier molecular flexibility index (Phi) is 5.45. The lowest BCUT2D eigenvalue weighted by Gasteiger charge is -2.30. The summed E-state index contributed by atoms with van der Waals surface area (Å²) in [4.78, 5) is 32.4. The second kappa shape index (κ2) is 8.57. The van der Waals surface area contributed by atoms with Gasteiger partial charge in [-0.2, -0.15) is 5.10 Å². The first-order valence-electron chi connectivity index (χ1n) is 10.9. The molecule has 1 aliphatic rings. The van der Waals surface area contributed by atoms with E-state index in [1.165, 1.54) is 12.5 Å². The van der Waals surface area contributed by atoms with Gasteiger partial charge in [-0.3, -0.25) is 9.48 Å². The average molecular weight is 449 g/mol. The summed E-state index contributed by atoms with van der Waals surface area (Å²) in [5.74, 6) is -0.193. The zero-order chi connectivity index (χ0) is 22.9. The third-order valence-electron chi connectivity index (χ3n) is 6.04. The Morgan fingerprint density at radius 3 is 2.91 bits per heavy atom. The van der Waals surface area contributed by atoms with Gasteiger partial charge in [-0.15, -0.1) is 0 Å². The van der Waals surface area contributed by atoms with Gasteiger partial charge in [0.2, 0.25) is 0 Å². The number of amides is 1. The molecule has 4 aromatic rings. The first kappa shape index (κ1) is 21.0. The Balaban J connectivity index is 1.29. The number of carbonyl (C=O) groups is 1. The van der Waals surface area contributed by atoms with Crippen molar-refractivity contribution in [2.45, 2.75) is 44.7 Å². The number of fused-ring (bicyclic) bond motifs is 1. The van der Waals surface area contributed by atoms with Crippen molar-refractivity contribution >= 4 is 22.8 Å². The van der Waals surface area contributed by atoms with Crippen LogP contribution < -0.4 is 10.6 Å². The van der Waals surface area contributed by atoms with E-state index in [0.717, 1.165) is 30.3 Å². The fourth-order valence-electron chi connectivity index (χ4n) is 4.22. The minimum atomic E-state index is -0.523. The van der Waals surface area contributed by atoms with E-state index < -0.39 is 5.82 Å². The van der Waals surface area contributed by atoms with Crippen LogP contribution in [0.1, 0.15) is 41.9 Å². The molecule has 5 rings (SSSR count). The van der Waals surface area contributed by atoms with Gasteiger partial charge in [0, 0.05) is 48.2 Å². The maximum absolute atomic E-state index is 14.5. The fourth-order valence-corrected chi connectivity index (χ4v) is 4.22. The largest absolute Gasteiger partial charge is 0.365 e. The summed E-state index contributed by atoms with van der Waals surface area (Å²) >= 11 is 0. The number of aromatic nitrogens is 7. The third kappa shape index (κ3) is 4.26. The molecule has 170 valence electrons. The van der Waals surface area contributed by atoms with Crippen molar-refractivity contribution < 1.29 is 9.18 Å². The van der Waals surface area contributed by atoms with Gasteiger partial charge in [0.05, 0.1) is 6.20 Å². The molecule has 0 radical (unpaired) electrons. The van der Waals surface area contributed by atoms with Crippen LogP contribution in [0.15, 0.2) is 31.0 Å². The van der Waals surface area contributed by atoms with Crippen LogP contribution in [-0.4, -0.2) is 52.7 Å². The number of aromatic amines is 1. The van der Waals surface area contributed by atoms with Crippen LogP contribution in [0.4, 0.5) is 10.2 Å². The van der Waals surface area contributed by atoms with Gasteiger partial charge in [0.25, 0.3) is 5.91 Å². The Labute approximate surface area is 189 Å². The minimum Gasteiger partial charge on any atom is -0.365 e. The van der Waals surface area contributed by atoms with Crippen molar-refractivity contribution in [3.8, 4) is 11.4 Å². The molecule has 3 N–H and O–H groups in total. The lowest BCUT2D eigenvalue weighted by atomic mass is 9.91. The van der Waals surface area contributed by atoms with E-state index >= 15 is 0 Å². The quantitative estimate of drug-likeness (QED) is 0.428. The van der Waals surface area contributed by atoms with E-state index in [1.807, 2.05) is 6.92 Å². The van der Waals surface area contributed by atoms with E-state index in [1.54, 1.807) is 30.2 Å². The molecule has 1 aliphatic carbocycles. The highest BCUT2D eigenvalue weighted by atomic mass is 19.1. The fraction of sp³-hybridized carbons (Fsp3) is 0.364. The third-order valence-corrected chi connectivity index (χ3v) is 6.04. The van der Waals surface area contributed by atoms with Crippen LogP contribution in [0.5, 0.6) is 0 Å². The number of hydrogen-bond acceptors (Lipinski definition) is 7. The molecule has 1 saturated carbocycles. The number of nitrogens with zero attached hydrogens (tertiary/aromatic N) is 6. The summed E-state index contributed by atoms with van der Waals surface area (Å²) in [6, 6.07) is 1.71. The Hall–Kier alpha value is -3.89. The van der Waals surface area contributed by atoms with Crippen LogP contribution in [0, 0.1) is 12.7 Å². The summed E-state index contributed by atoms with van der Waals surface area (Å²) in [6.07, 6.45) is 9.32. The Morgan fingerprint density at radius 1 is 1.24 bits per heavy atom. The number of anilines is 1. The van der Waals surface area contributed by atoms with E-state index in [9.17, 15) is 9.18 Å². The maximum atomic E-state index is 14.5. The first-order chi connectivity index (χ1) is 16.0. The van der Waals surface area contributed by atoms with Gasteiger partial charge >= 0.3 is 0 Å². The summed E-state index contributed by atoms with van der Waals surface area (Å²) in [5, 5.41) is 11.3. The summed E-state index contributed by atoms with van der Waals surface area (Å²) < 4.78 is 16.2. The van der Waals surface area contributed by atoms with Gasteiger partial charge in [-0.25, -0.2) is 24.3 Å². The molecule has 10 nitrogen and oxygen atoms in total. The Morgan fingerprint density at radius 2 is 2.09 bits per heavy atom. The molecule has 1 fully saturated rings. The lowest BCUT2D eigenvalue weighted by molar-refractivity contribution is 0.0920. The second-order valence-electron chi connectivity index (χ2n) is 8.35. The van der Waals surface area contributed by atoms with Gasteiger partial charge in [-0.1, -0.05) is 0 Å². The van der Waals surface area contributed by atoms with Crippen molar-refractivity contribution in [1.29, 1.82) is 0 Å². The van der Waals surface area contributed by atoms with Crippen LogP contribution in [0.3, 0.4) is 0 Å². The number of H-pyrrole nitrogens is 1. The zero-order valence-corrected chi connectivity index (χ0v) is 18.3. The maximum Gasteiger partial charge on any atom is 0.272 e. The molecule has 0 spiro atoms. The molecule has 11 heteroatoms. The molecule has 2 atom stereocenters. The van der Waals surface area contributed by atoms with Crippen molar-refractivity contribution in [3.63, 3.8) is 0 Å². The number of hydrogen-bond donors (Lipinski definition) is 3. The van der Waals surface area contributed by atoms with Crippen molar-refractivity contribution in [1.82, 2.24) is 40.0 Å². The van der Waals surface area contributed by atoms with Crippen molar-refractivity contribution in [3.05, 3.63) is 48.2 Å². The predicted octanol–water partition coefficient (Wildman–Crippen LogP) is 2.75. The normalized spacial score (nSPS) is 18.4. The van der Waals surface area contributed by atoms with E-state index in [2.05, 4.69) is 40.7 Å². The molecule has 0 bridgehead atoms. The molecule has 4 heterocycles. The highest BCUT2D eigenvalue weighted by molar-refractivity contribution is 5.92. The number of rotatable bonds is 5. The van der Waals surface area contributed by atoms with Gasteiger partial charge in [-0.05, 0) is 38.7 Å². The molecule has 0 aromatic carbocycles. The summed E-state index contributed by atoms with van der Waals surface area (Å²) in [6.45, 7) is 1.90. The first-order valence-corrected chi connectivity index (χ1v) is 10.9. The van der Waals surface area contributed by atoms with E-state index in [-0.39, 0.29) is 23.8 Å². The molecule has 0 saturated heterocycles. The number of halogens is 1. The van der Waals surface area contributed by atoms with E-state index in [4.69, 9.17) is 0 Å². The molecule has 33 heavy (non-hydrogen) atoms. The highest BCUT2D eigenvalue weighted by Gasteiger charge is 2.26. The van der Waals surface area contributed by atoms with Crippen LogP contribution in [0.25, 0.3) is 22.4 Å². The SMILES string of the molecule is Cc1cc(C(=O)N[C@H]2CCC[C@@H](Nc3nc(-c4c[nH]c5ncncc45)ncc3F)C2)nn1C. The summed E-state index contributed by atoms with van der Waals surface area (Å²) in [5.41, 5.74) is 2.68. The van der Waals surface area contributed by atoms with Gasteiger partial charge < -0.3 is 15.6 Å². The molecule has 0 unspecified atom stereocenters. The van der Waals surface area contributed by atoms with Gasteiger partial charge in [0.15, 0.2) is 17.5 Å². The highest BCUT2D eigenvalue weighted by Crippen LogP contribution is 2.27. The minimum absolute atomic E-state index is 0.0267.